The van der Waals surface area contributed by atoms with Gasteiger partial charge in [-0.2, -0.15) is 0 Å². The monoisotopic (exact) mass is 197 g/mol. The van der Waals surface area contributed by atoms with Crippen molar-refractivity contribution >= 4 is 0 Å². The van der Waals surface area contributed by atoms with Crippen molar-refractivity contribution in [2.75, 3.05) is 6.54 Å². The van der Waals surface area contributed by atoms with Crippen LogP contribution in [0.3, 0.4) is 0 Å². The zero-order valence-electron chi connectivity index (χ0n) is 10.6. The van der Waals surface area contributed by atoms with Crippen molar-refractivity contribution in [1.82, 2.24) is 5.32 Å². The molecule has 0 fully saturated rings. The Balaban J connectivity index is 3.53. The normalized spacial score (nSPS) is 13.0. The van der Waals surface area contributed by atoms with Crippen LogP contribution in [0.15, 0.2) is 12.2 Å². The van der Waals surface area contributed by atoms with E-state index in [0.29, 0.717) is 0 Å². The van der Waals surface area contributed by atoms with E-state index in [2.05, 4.69) is 52.1 Å². The smallest absolute Gasteiger partial charge is 0.00966 e. The highest BCUT2D eigenvalue weighted by atomic mass is 14.9. The van der Waals surface area contributed by atoms with Crippen LogP contribution >= 0.6 is 0 Å². The SMILES string of the molecule is CCC(C=CCCNC(C)(C)C)CC. The largest absolute Gasteiger partial charge is 0.312 e. The van der Waals surface area contributed by atoms with Gasteiger partial charge in [0.15, 0.2) is 0 Å². The summed E-state index contributed by atoms with van der Waals surface area (Å²) < 4.78 is 0. The molecule has 0 aliphatic rings. The number of rotatable bonds is 6. The molecule has 0 aromatic rings. The first-order valence-corrected chi connectivity index (χ1v) is 5.91. The summed E-state index contributed by atoms with van der Waals surface area (Å²) in [5.74, 6) is 0.782. The summed E-state index contributed by atoms with van der Waals surface area (Å²) in [5.41, 5.74) is 0.253. The lowest BCUT2D eigenvalue weighted by Gasteiger charge is -2.19. The average Bonchev–Trinajstić information content (AvgIpc) is 2.09. The van der Waals surface area contributed by atoms with Gasteiger partial charge in [-0.3, -0.25) is 0 Å². The molecular weight excluding hydrogens is 170 g/mol. The van der Waals surface area contributed by atoms with Crippen molar-refractivity contribution in [2.45, 2.75) is 59.4 Å². The van der Waals surface area contributed by atoms with Crippen LogP contribution in [0.25, 0.3) is 0 Å². The fourth-order valence-corrected chi connectivity index (χ4v) is 1.38. The maximum atomic E-state index is 3.48. The predicted molar refractivity (Wildman–Crippen MR) is 65.6 cm³/mol. The first kappa shape index (κ1) is 13.7. The maximum Gasteiger partial charge on any atom is 0.00966 e. The fourth-order valence-electron chi connectivity index (χ4n) is 1.38. The van der Waals surface area contributed by atoms with Crippen molar-refractivity contribution in [3.63, 3.8) is 0 Å². The minimum absolute atomic E-state index is 0.253. The Bertz CT molecular complexity index is 149. The minimum Gasteiger partial charge on any atom is -0.312 e. The van der Waals surface area contributed by atoms with Crippen LogP contribution in [-0.4, -0.2) is 12.1 Å². The minimum atomic E-state index is 0.253. The van der Waals surface area contributed by atoms with Crippen LogP contribution in [0.2, 0.25) is 0 Å². The molecular formula is C13H27N. The van der Waals surface area contributed by atoms with E-state index in [1.807, 2.05) is 0 Å². The summed E-state index contributed by atoms with van der Waals surface area (Å²) in [4.78, 5) is 0. The molecule has 0 unspecified atom stereocenters. The second kappa shape index (κ2) is 7.05. The summed E-state index contributed by atoms with van der Waals surface area (Å²) in [6.45, 7) is 12.2. The maximum absolute atomic E-state index is 3.48. The number of nitrogens with one attached hydrogen (secondary N) is 1. The topological polar surface area (TPSA) is 12.0 Å². The molecule has 0 bridgehead atoms. The molecule has 0 radical (unpaired) electrons. The Morgan fingerprint density at radius 2 is 1.71 bits per heavy atom. The fraction of sp³-hybridized carbons (Fsp3) is 0.846. The Kier molecular flexibility index (Phi) is 6.90. The second-order valence-electron chi connectivity index (χ2n) is 4.97. The van der Waals surface area contributed by atoms with Crippen molar-refractivity contribution in [1.29, 1.82) is 0 Å². The van der Waals surface area contributed by atoms with E-state index in [4.69, 9.17) is 0 Å². The van der Waals surface area contributed by atoms with Crippen LogP contribution in [-0.2, 0) is 0 Å². The van der Waals surface area contributed by atoms with Gasteiger partial charge < -0.3 is 5.32 Å². The summed E-state index contributed by atoms with van der Waals surface area (Å²) in [7, 11) is 0. The van der Waals surface area contributed by atoms with E-state index in [9.17, 15) is 0 Å². The van der Waals surface area contributed by atoms with E-state index >= 15 is 0 Å². The van der Waals surface area contributed by atoms with Gasteiger partial charge in [0.05, 0.1) is 0 Å². The molecule has 0 aliphatic heterocycles. The third-order valence-electron chi connectivity index (χ3n) is 2.42. The standard InChI is InChI=1S/C13H27N/c1-6-12(7-2)10-8-9-11-14-13(3,4)5/h8,10,12,14H,6-7,9,11H2,1-5H3. The third-order valence-corrected chi connectivity index (χ3v) is 2.42. The second-order valence-corrected chi connectivity index (χ2v) is 4.97. The Morgan fingerprint density at radius 3 is 2.14 bits per heavy atom. The van der Waals surface area contributed by atoms with Gasteiger partial charge in [0.1, 0.15) is 0 Å². The van der Waals surface area contributed by atoms with Gasteiger partial charge in [0, 0.05) is 5.54 Å². The molecule has 0 aromatic heterocycles. The van der Waals surface area contributed by atoms with Crippen LogP contribution < -0.4 is 5.32 Å². The highest BCUT2D eigenvalue weighted by Gasteiger charge is 2.06. The van der Waals surface area contributed by atoms with E-state index in [1.165, 1.54) is 12.8 Å². The lowest BCUT2D eigenvalue weighted by atomic mass is 10.0. The zero-order valence-corrected chi connectivity index (χ0v) is 10.6. The summed E-state index contributed by atoms with van der Waals surface area (Å²) in [6, 6.07) is 0. The quantitative estimate of drug-likeness (QED) is 0.505. The van der Waals surface area contributed by atoms with E-state index in [0.717, 1.165) is 18.9 Å². The molecule has 0 spiro atoms. The number of hydrogen-bond acceptors (Lipinski definition) is 1. The zero-order chi connectivity index (χ0) is 11.0. The predicted octanol–water partition coefficient (Wildman–Crippen LogP) is 3.76. The van der Waals surface area contributed by atoms with Crippen molar-refractivity contribution in [2.24, 2.45) is 5.92 Å². The van der Waals surface area contributed by atoms with Gasteiger partial charge in [0.2, 0.25) is 0 Å². The molecule has 14 heavy (non-hydrogen) atoms. The van der Waals surface area contributed by atoms with Crippen molar-refractivity contribution in [3.8, 4) is 0 Å². The first-order chi connectivity index (χ1) is 6.49. The van der Waals surface area contributed by atoms with Crippen molar-refractivity contribution in [3.05, 3.63) is 12.2 Å². The number of allylic oxidation sites excluding steroid dienone is 1. The summed E-state index contributed by atoms with van der Waals surface area (Å²) in [6.07, 6.45) is 8.36. The van der Waals surface area contributed by atoms with Crippen LogP contribution in [0.1, 0.15) is 53.9 Å². The third kappa shape index (κ3) is 8.31. The number of hydrogen-bond donors (Lipinski definition) is 1. The Labute approximate surface area is 90.0 Å². The molecule has 0 saturated heterocycles. The molecule has 0 aliphatic carbocycles. The highest BCUT2D eigenvalue weighted by Crippen LogP contribution is 2.09. The molecule has 84 valence electrons. The molecule has 0 atom stereocenters. The molecule has 0 aromatic carbocycles. The molecule has 0 rings (SSSR count). The molecule has 1 heteroatoms. The van der Waals surface area contributed by atoms with E-state index in [-0.39, 0.29) is 5.54 Å². The molecule has 1 N–H and O–H groups in total. The van der Waals surface area contributed by atoms with Gasteiger partial charge in [-0.1, -0.05) is 26.0 Å². The van der Waals surface area contributed by atoms with Gasteiger partial charge in [-0.05, 0) is 52.5 Å². The lowest BCUT2D eigenvalue weighted by Crippen LogP contribution is -2.36. The molecule has 0 heterocycles. The average molecular weight is 197 g/mol. The Morgan fingerprint density at radius 1 is 1.14 bits per heavy atom. The summed E-state index contributed by atoms with van der Waals surface area (Å²) >= 11 is 0. The van der Waals surface area contributed by atoms with E-state index in [1.54, 1.807) is 0 Å². The molecule has 0 saturated carbocycles. The van der Waals surface area contributed by atoms with Gasteiger partial charge in [-0.25, -0.2) is 0 Å². The van der Waals surface area contributed by atoms with Crippen LogP contribution in [0.4, 0.5) is 0 Å². The highest BCUT2D eigenvalue weighted by molar-refractivity contribution is 4.88. The Hall–Kier alpha value is -0.300. The van der Waals surface area contributed by atoms with Gasteiger partial charge >= 0.3 is 0 Å². The van der Waals surface area contributed by atoms with Gasteiger partial charge in [0.25, 0.3) is 0 Å². The lowest BCUT2D eigenvalue weighted by molar-refractivity contribution is 0.431. The first-order valence-electron chi connectivity index (χ1n) is 5.91. The van der Waals surface area contributed by atoms with Crippen molar-refractivity contribution < 1.29 is 0 Å². The van der Waals surface area contributed by atoms with Crippen LogP contribution in [0.5, 0.6) is 0 Å². The molecule has 0 amide bonds. The van der Waals surface area contributed by atoms with E-state index < -0.39 is 0 Å². The summed E-state index contributed by atoms with van der Waals surface area (Å²) in [5, 5.41) is 3.48. The van der Waals surface area contributed by atoms with Gasteiger partial charge in [-0.15, -0.1) is 0 Å². The molecule has 1 nitrogen and oxygen atoms in total. The van der Waals surface area contributed by atoms with Crippen LogP contribution in [0, 0.1) is 5.92 Å².